The Bertz CT molecular complexity index is 785. The Hall–Kier alpha value is -2.66. The molecule has 21 heavy (non-hydrogen) atoms. The third-order valence-corrected chi connectivity index (χ3v) is 4.01. The second-order valence-electron chi connectivity index (χ2n) is 5.18. The molecule has 0 bridgehead atoms. The minimum absolute atomic E-state index is 0.583. The Labute approximate surface area is 120 Å². The van der Waals surface area contributed by atoms with E-state index in [1.54, 1.807) is 6.07 Å². The van der Waals surface area contributed by atoms with Crippen LogP contribution in [-0.4, -0.2) is 23.3 Å². The predicted octanol–water partition coefficient (Wildman–Crippen LogP) is 1.63. The summed E-state index contributed by atoms with van der Waals surface area (Å²) >= 11 is 0. The lowest BCUT2D eigenvalue weighted by molar-refractivity contribution is -0.125. The molecule has 5 heteroatoms. The van der Waals surface area contributed by atoms with Crippen LogP contribution in [-0.2, 0) is 11.2 Å². The standard InChI is InChI=1S/C16H12N2O3/c19-14-15(20)18(16(21)17-14)13-7-3-6-11-10-5-2-1-4-9(10)8-12(11)13/h1-7,15,20H,8H2,(H,17,19,21). The molecule has 5 nitrogen and oxygen atoms in total. The van der Waals surface area contributed by atoms with Crippen molar-refractivity contribution in [2.75, 3.05) is 4.90 Å². The highest BCUT2D eigenvalue weighted by Gasteiger charge is 2.39. The lowest BCUT2D eigenvalue weighted by Gasteiger charge is -2.20. The largest absolute Gasteiger partial charge is 0.365 e. The van der Waals surface area contributed by atoms with Crippen LogP contribution in [0.3, 0.4) is 0 Å². The Balaban J connectivity index is 1.87. The number of urea groups is 1. The molecule has 1 unspecified atom stereocenters. The van der Waals surface area contributed by atoms with Gasteiger partial charge in [0.05, 0.1) is 5.69 Å². The first-order valence-corrected chi connectivity index (χ1v) is 6.69. The summed E-state index contributed by atoms with van der Waals surface area (Å²) in [6.45, 7) is 0. The second-order valence-corrected chi connectivity index (χ2v) is 5.18. The van der Waals surface area contributed by atoms with E-state index in [0.29, 0.717) is 12.1 Å². The summed E-state index contributed by atoms with van der Waals surface area (Å²) in [7, 11) is 0. The number of aliphatic hydroxyl groups excluding tert-OH is 1. The number of nitrogens with zero attached hydrogens (tertiary/aromatic N) is 1. The molecule has 1 aliphatic heterocycles. The number of aliphatic hydroxyl groups is 1. The molecule has 1 saturated heterocycles. The summed E-state index contributed by atoms with van der Waals surface area (Å²) in [4.78, 5) is 24.5. The fourth-order valence-corrected chi connectivity index (χ4v) is 3.07. The summed E-state index contributed by atoms with van der Waals surface area (Å²) in [6.07, 6.45) is -0.778. The highest BCUT2D eigenvalue weighted by Crippen LogP contribution is 2.41. The first kappa shape index (κ1) is 12.1. The molecule has 2 N–H and O–H groups in total. The van der Waals surface area contributed by atoms with Gasteiger partial charge in [-0.05, 0) is 28.3 Å². The minimum Gasteiger partial charge on any atom is -0.365 e. The average molecular weight is 280 g/mol. The van der Waals surface area contributed by atoms with E-state index >= 15 is 0 Å². The van der Waals surface area contributed by atoms with Crippen LogP contribution in [0.2, 0.25) is 0 Å². The van der Waals surface area contributed by atoms with Crippen LogP contribution in [0.4, 0.5) is 10.5 Å². The predicted molar refractivity (Wildman–Crippen MR) is 76.7 cm³/mol. The Morgan fingerprint density at radius 1 is 1.05 bits per heavy atom. The molecule has 0 saturated carbocycles. The maximum atomic E-state index is 11.9. The van der Waals surface area contributed by atoms with Crippen LogP contribution in [0.15, 0.2) is 42.5 Å². The van der Waals surface area contributed by atoms with Crippen LogP contribution in [0.25, 0.3) is 11.1 Å². The molecular formula is C16H12N2O3. The molecule has 0 aromatic heterocycles. The van der Waals surface area contributed by atoms with Gasteiger partial charge in [0.15, 0.2) is 0 Å². The normalized spacial score (nSPS) is 19.5. The van der Waals surface area contributed by atoms with Crippen molar-refractivity contribution >= 4 is 17.6 Å². The number of rotatable bonds is 1. The van der Waals surface area contributed by atoms with Gasteiger partial charge in [-0.25, -0.2) is 4.79 Å². The van der Waals surface area contributed by atoms with Gasteiger partial charge in [-0.15, -0.1) is 0 Å². The summed E-state index contributed by atoms with van der Waals surface area (Å²) in [5.41, 5.74) is 4.90. The van der Waals surface area contributed by atoms with Crippen LogP contribution in [0.1, 0.15) is 11.1 Å². The fraction of sp³-hybridized carbons (Fsp3) is 0.125. The SMILES string of the molecule is O=C1NC(=O)N(c2cccc3c2Cc2ccccc2-3)C1O. The molecule has 104 valence electrons. The summed E-state index contributed by atoms with van der Waals surface area (Å²) in [5, 5.41) is 12.0. The molecule has 2 aromatic rings. The zero-order valence-electron chi connectivity index (χ0n) is 11.0. The molecule has 2 aliphatic rings. The van der Waals surface area contributed by atoms with E-state index < -0.39 is 18.2 Å². The van der Waals surface area contributed by atoms with Gasteiger partial charge >= 0.3 is 6.03 Å². The van der Waals surface area contributed by atoms with Crippen molar-refractivity contribution in [3.8, 4) is 11.1 Å². The summed E-state index contributed by atoms with van der Waals surface area (Å²) in [6, 6.07) is 13.0. The van der Waals surface area contributed by atoms with Crippen molar-refractivity contribution in [2.45, 2.75) is 12.6 Å². The Morgan fingerprint density at radius 3 is 2.57 bits per heavy atom. The van der Waals surface area contributed by atoms with E-state index in [4.69, 9.17) is 0 Å². The third kappa shape index (κ3) is 1.61. The van der Waals surface area contributed by atoms with Gasteiger partial charge in [-0.1, -0.05) is 36.4 Å². The van der Waals surface area contributed by atoms with Gasteiger partial charge in [0.2, 0.25) is 6.23 Å². The van der Waals surface area contributed by atoms with Crippen LogP contribution in [0, 0.1) is 0 Å². The number of hydrogen-bond donors (Lipinski definition) is 2. The molecule has 1 atom stereocenters. The minimum atomic E-state index is -1.47. The highest BCUT2D eigenvalue weighted by atomic mass is 16.3. The van der Waals surface area contributed by atoms with Gasteiger partial charge < -0.3 is 5.11 Å². The van der Waals surface area contributed by atoms with E-state index in [0.717, 1.165) is 21.6 Å². The van der Waals surface area contributed by atoms with Crippen molar-refractivity contribution in [1.29, 1.82) is 0 Å². The van der Waals surface area contributed by atoms with E-state index in [9.17, 15) is 14.7 Å². The lowest BCUT2D eigenvalue weighted by atomic mass is 10.0. The molecule has 2 aromatic carbocycles. The summed E-state index contributed by atoms with van der Waals surface area (Å²) in [5.74, 6) is -0.687. The number of carbonyl (C=O) groups excluding carboxylic acids is 2. The Kier molecular flexibility index (Phi) is 2.40. The number of benzene rings is 2. The van der Waals surface area contributed by atoms with E-state index in [2.05, 4.69) is 5.32 Å². The molecule has 1 fully saturated rings. The molecule has 0 spiro atoms. The first-order chi connectivity index (χ1) is 10.2. The van der Waals surface area contributed by atoms with Gasteiger partial charge in [0.25, 0.3) is 5.91 Å². The maximum absolute atomic E-state index is 11.9. The number of anilines is 1. The van der Waals surface area contributed by atoms with Crippen molar-refractivity contribution in [2.24, 2.45) is 0 Å². The molecule has 0 radical (unpaired) electrons. The van der Waals surface area contributed by atoms with Gasteiger partial charge in [-0.2, -0.15) is 0 Å². The second kappa shape index (κ2) is 4.17. The molecular weight excluding hydrogens is 268 g/mol. The molecule has 3 amide bonds. The number of carbonyl (C=O) groups is 2. The van der Waals surface area contributed by atoms with Crippen molar-refractivity contribution in [3.63, 3.8) is 0 Å². The number of nitrogens with one attached hydrogen (secondary N) is 1. The summed E-state index contributed by atoms with van der Waals surface area (Å²) < 4.78 is 0. The average Bonchev–Trinajstić information content (AvgIpc) is 2.97. The molecule has 1 heterocycles. The van der Waals surface area contributed by atoms with Crippen LogP contribution < -0.4 is 10.2 Å². The van der Waals surface area contributed by atoms with E-state index in [-0.39, 0.29) is 0 Å². The lowest BCUT2D eigenvalue weighted by Crippen LogP contribution is -2.35. The van der Waals surface area contributed by atoms with Gasteiger partial charge in [0.1, 0.15) is 0 Å². The number of fused-ring (bicyclic) bond motifs is 3. The van der Waals surface area contributed by atoms with Crippen LogP contribution in [0.5, 0.6) is 0 Å². The van der Waals surface area contributed by atoms with Crippen molar-refractivity contribution in [1.82, 2.24) is 5.32 Å². The van der Waals surface area contributed by atoms with E-state index in [1.165, 1.54) is 5.56 Å². The fourth-order valence-electron chi connectivity index (χ4n) is 3.07. The van der Waals surface area contributed by atoms with Crippen LogP contribution >= 0.6 is 0 Å². The van der Waals surface area contributed by atoms with E-state index in [1.807, 2.05) is 36.4 Å². The number of imide groups is 1. The van der Waals surface area contributed by atoms with Gasteiger partial charge in [0, 0.05) is 6.42 Å². The zero-order chi connectivity index (χ0) is 14.6. The molecule has 4 rings (SSSR count). The number of amides is 3. The topological polar surface area (TPSA) is 69.6 Å². The first-order valence-electron chi connectivity index (χ1n) is 6.69. The quantitative estimate of drug-likeness (QED) is 0.666. The zero-order valence-corrected chi connectivity index (χ0v) is 11.0. The smallest absolute Gasteiger partial charge is 0.331 e. The van der Waals surface area contributed by atoms with Gasteiger partial charge in [-0.3, -0.25) is 15.0 Å². The third-order valence-electron chi connectivity index (χ3n) is 4.01. The number of hydrogen-bond acceptors (Lipinski definition) is 3. The van der Waals surface area contributed by atoms with Crippen molar-refractivity contribution in [3.05, 3.63) is 53.6 Å². The maximum Gasteiger partial charge on any atom is 0.331 e. The van der Waals surface area contributed by atoms with Crippen molar-refractivity contribution < 1.29 is 14.7 Å². The monoisotopic (exact) mass is 280 g/mol. The molecule has 1 aliphatic carbocycles. The highest BCUT2D eigenvalue weighted by molar-refractivity contribution is 6.14. The Morgan fingerprint density at radius 2 is 1.81 bits per heavy atom.